The highest BCUT2D eigenvalue weighted by molar-refractivity contribution is 9.10. The van der Waals surface area contributed by atoms with E-state index >= 15 is 0 Å². The number of carbonyl (C=O) groups excluding carboxylic acids is 1. The van der Waals surface area contributed by atoms with E-state index in [1.807, 2.05) is 0 Å². The zero-order valence-corrected chi connectivity index (χ0v) is 16.0. The van der Waals surface area contributed by atoms with Crippen LogP contribution in [-0.2, 0) is 14.8 Å². The summed E-state index contributed by atoms with van der Waals surface area (Å²) in [7, 11) is -4.02. The molecule has 0 heterocycles. The predicted molar refractivity (Wildman–Crippen MR) is 95.9 cm³/mol. The second kappa shape index (κ2) is 7.67. The lowest BCUT2D eigenvalue weighted by Gasteiger charge is -2.28. The molecule has 0 aromatic heterocycles. The van der Waals surface area contributed by atoms with Crippen LogP contribution >= 0.6 is 15.9 Å². The van der Waals surface area contributed by atoms with Crippen molar-refractivity contribution in [3.63, 3.8) is 0 Å². The van der Waals surface area contributed by atoms with Gasteiger partial charge in [-0.25, -0.2) is 21.6 Å². The lowest BCUT2D eigenvalue weighted by Crippen LogP contribution is -2.45. The fourth-order valence-corrected chi connectivity index (χ4v) is 3.76. The molecule has 0 unspecified atom stereocenters. The SMILES string of the molecule is C[C@@H](C(=O)Nc1ccc(Br)cc1F)N(c1ccc(F)c(F)c1)S(C)(=O)=O. The van der Waals surface area contributed by atoms with Crippen molar-refractivity contribution in [1.29, 1.82) is 0 Å². The molecule has 140 valence electrons. The molecule has 0 aliphatic carbocycles. The van der Waals surface area contributed by atoms with Gasteiger partial charge in [-0.1, -0.05) is 15.9 Å². The van der Waals surface area contributed by atoms with Crippen molar-refractivity contribution in [3.8, 4) is 0 Å². The van der Waals surface area contributed by atoms with Crippen molar-refractivity contribution in [3.05, 3.63) is 58.3 Å². The largest absolute Gasteiger partial charge is 0.322 e. The summed E-state index contributed by atoms with van der Waals surface area (Å²) in [5, 5.41) is 2.28. The van der Waals surface area contributed by atoms with Crippen LogP contribution in [0.2, 0.25) is 0 Å². The molecule has 0 saturated carbocycles. The third-order valence-electron chi connectivity index (χ3n) is 3.44. The van der Waals surface area contributed by atoms with Gasteiger partial charge in [0.05, 0.1) is 17.6 Å². The average Bonchev–Trinajstić information content (AvgIpc) is 2.52. The Hall–Kier alpha value is -2.07. The van der Waals surface area contributed by atoms with Crippen LogP contribution in [0, 0.1) is 17.5 Å². The van der Waals surface area contributed by atoms with Crippen molar-refractivity contribution in [2.24, 2.45) is 0 Å². The number of nitrogens with one attached hydrogen (secondary N) is 1. The predicted octanol–water partition coefficient (Wildman–Crippen LogP) is 3.66. The number of amides is 1. The van der Waals surface area contributed by atoms with Crippen LogP contribution in [0.4, 0.5) is 24.5 Å². The third kappa shape index (κ3) is 4.55. The lowest BCUT2D eigenvalue weighted by molar-refractivity contribution is -0.116. The molecule has 0 aliphatic heterocycles. The maximum atomic E-state index is 13.9. The van der Waals surface area contributed by atoms with E-state index in [1.54, 1.807) is 0 Å². The molecule has 0 radical (unpaired) electrons. The van der Waals surface area contributed by atoms with E-state index in [4.69, 9.17) is 0 Å². The average molecular weight is 451 g/mol. The van der Waals surface area contributed by atoms with E-state index in [1.165, 1.54) is 19.1 Å². The Balaban J connectivity index is 2.35. The number of halogens is 4. The van der Waals surface area contributed by atoms with Gasteiger partial charge in [0.2, 0.25) is 15.9 Å². The van der Waals surface area contributed by atoms with Crippen molar-refractivity contribution < 1.29 is 26.4 Å². The van der Waals surface area contributed by atoms with Crippen LogP contribution < -0.4 is 9.62 Å². The third-order valence-corrected chi connectivity index (χ3v) is 5.17. The first kappa shape index (κ1) is 20.2. The molecule has 0 saturated heterocycles. The molecule has 2 rings (SSSR count). The highest BCUT2D eigenvalue weighted by Crippen LogP contribution is 2.25. The molecule has 0 bridgehead atoms. The summed E-state index contributed by atoms with van der Waals surface area (Å²) in [6.07, 6.45) is 0.818. The first-order valence-corrected chi connectivity index (χ1v) is 9.85. The Kier molecular flexibility index (Phi) is 5.97. The van der Waals surface area contributed by atoms with Gasteiger partial charge in [-0.05, 0) is 37.3 Å². The molecular weight excluding hydrogens is 437 g/mol. The highest BCUT2D eigenvalue weighted by atomic mass is 79.9. The molecule has 2 aromatic carbocycles. The molecular formula is C16H14BrF3N2O3S. The molecule has 1 amide bonds. The van der Waals surface area contributed by atoms with E-state index < -0.39 is 39.4 Å². The fourth-order valence-electron chi connectivity index (χ4n) is 2.26. The zero-order valence-electron chi connectivity index (χ0n) is 13.6. The van der Waals surface area contributed by atoms with E-state index in [2.05, 4.69) is 21.2 Å². The monoisotopic (exact) mass is 450 g/mol. The van der Waals surface area contributed by atoms with E-state index in [0.29, 0.717) is 14.8 Å². The van der Waals surface area contributed by atoms with Crippen LogP contribution in [0.15, 0.2) is 40.9 Å². The van der Waals surface area contributed by atoms with Gasteiger partial charge in [0.15, 0.2) is 11.6 Å². The van der Waals surface area contributed by atoms with E-state index in [9.17, 15) is 26.4 Å². The quantitative estimate of drug-likeness (QED) is 0.755. The molecule has 0 fully saturated rings. The molecule has 2 aromatic rings. The van der Waals surface area contributed by atoms with Crippen molar-refractivity contribution in [2.45, 2.75) is 13.0 Å². The van der Waals surface area contributed by atoms with Gasteiger partial charge in [0.25, 0.3) is 0 Å². The standard InChI is InChI=1S/C16H14BrF3N2O3S/c1-9(16(23)21-15-6-3-10(17)7-14(15)20)22(26(2,24)25)11-4-5-12(18)13(19)8-11/h3-9H,1-2H3,(H,21,23)/t9-/m0/s1. The summed E-state index contributed by atoms with van der Waals surface area (Å²) < 4.78 is 65.7. The Morgan fingerprint density at radius 1 is 1.08 bits per heavy atom. The molecule has 10 heteroatoms. The summed E-state index contributed by atoms with van der Waals surface area (Å²) in [5.41, 5.74) is -0.380. The summed E-state index contributed by atoms with van der Waals surface area (Å²) in [6, 6.07) is 5.02. The van der Waals surface area contributed by atoms with Gasteiger partial charge in [-0.2, -0.15) is 0 Å². The van der Waals surface area contributed by atoms with Crippen LogP contribution in [0.5, 0.6) is 0 Å². The Morgan fingerprint density at radius 3 is 2.27 bits per heavy atom. The molecule has 1 atom stereocenters. The Morgan fingerprint density at radius 2 is 1.73 bits per heavy atom. The molecule has 0 spiro atoms. The van der Waals surface area contributed by atoms with E-state index in [0.717, 1.165) is 24.5 Å². The number of hydrogen-bond acceptors (Lipinski definition) is 3. The van der Waals surface area contributed by atoms with E-state index in [-0.39, 0.29) is 11.4 Å². The number of benzene rings is 2. The summed E-state index contributed by atoms with van der Waals surface area (Å²) in [6.45, 7) is 1.24. The van der Waals surface area contributed by atoms with Crippen LogP contribution in [-0.4, -0.2) is 26.6 Å². The summed E-state index contributed by atoms with van der Waals surface area (Å²) in [5.74, 6) is -3.99. The zero-order chi connectivity index (χ0) is 19.6. The molecule has 1 N–H and O–H groups in total. The van der Waals surface area contributed by atoms with Gasteiger partial charge >= 0.3 is 0 Å². The number of nitrogens with zero attached hydrogens (tertiary/aromatic N) is 1. The van der Waals surface area contributed by atoms with Crippen molar-refractivity contribution in [1.82, 2.24) is 0 Å². The first-order valence-electron chi connectivity index (χ1n) is 7.21. The molecule has 26 heavy (non-hydrogen) atoms. The minimum Gasteiger partial charge on any atom is -0.322 e. The highest BCUT2D eigenvalue weighted by Gasteiger charge is 2.30. The minimum atomic E-state index is -4.02. The van der Waals surface area contributed by atoms with Gasteiger partial charge in [-0.15, -0.1) is 0 Å². The lowest BCUT2D eigenvalue weighted by atomic mass is 10.2. The topological polar surface area (TPSA) is 66.5 Å². The number of hydrogen-bond donors (Lipinski definition) is 1. The van der Waals surface area contributed by atoms with Crippen LogP contribution in [0.1, 0.15) is 6.92 Å². The van der Waals surface area contributed by atoms with Gasteiger partial charge in [-0.3, -0.25) is 9.10 Å². The maximum absolute atomic E-state index is 13.9. The number of carbonyl (C=O) groups is 1. The molecule has 5 nitrogen and oxygen atoms in total. The minimum absolute atomic E-state index is 0.149. The van der Waals surface area contributed by atoms with Crippen LogP contribution in [0.25, 0.3) is 0 Å². The summed E-state index contributed by atoms with van der Waals surface area (Å²) >= 11 is 3.08. The van der Waals surface area contributed by atoms with Crippen molar-refractivity contribution >= 4 is 43.2 Å². The van der Waals surface area contributed by atoms with Gasteiger partial charge in [0.1, 0.15) is 11.9 Å². The number of rotatable bonds is 5. The summed E-state index contributed by atoms with van der Waals surface area (Å²) in [4.78, 5) is 12.4. The smallest absolute Gasteiger partial charge is 0.248 e. The van der Waals surface area contributed by atoms with Crippen molar-refractivity contribution in [2.75, 3.05) is 15.9 Å². The molecule has 0 aliphatic rings. The van der Waals surface area contributed by atoms with Crippen LogP contribution in [0.3, 0.4) is 0 Å². The number of anilines is 2. The Bertz CT molecular complexity index is 954. The second-order valence-electron chi connectivity index (χ2n) is 5.45. The second-order valence-corrected chi connectivity index (χ2v) is 8.22. The van der Waals surface area contributed by atoms with Gasteiger partial charge < -0.3 is 5.32 Å². The number of sulfonamides is 1. The first-order chi connectivity index (χ1) is 12.0. The normalized spacial score (nSPS) is 12.5. The maximum Gasteiger partial charge on any atom is 0.248 e. The van der Waals surface area contributed by atoms with Gasteiger partial charge in [0, 0.05) is 10.5 Å². The Labute approximate surface area is 157 Å². The fraction of sp³-hybridized carbons (Fsp3) is 0.188.